The normalized spacial score (nSPS) is 16.5. The summed E-state index contributed by atoms with van der Waals surface area (Å²) in [5.74, 6) is 0.661. The molecule has 0 saturated heterocycles. The minimum absolute atomic E-state index is 0.242. The first kappa shape index (κ1) is 12.3. The Labute approximate surface area is 110 Å². The quantitative estimate of drug-likeness (QED) is 0.824. The molecule has 0 spiro atoms. The van der Waals surface area contributed by atoms with E-state index in [-0.39, 0.29) is 11.4 Å². The molecule has 9 heteroatoms. The smallest absolute Gasteiger partial charge is 0.247 e. The van der Waals surface area contributed by atoms with Crippen LogP contribution in [0.4, 0.5) is 0 Å². The van der Waals surface area contributed by atoms with Crippen molar-refractivity contribution in [1.82, 2.24) is 29.3 Å². The molecule has 0 saturated carbocycles. The van der Waals surface area contributed by atoms with Gasteiger partial charge >= 0.3 is 0 Å². The minimum atomic E-state index is -3.54. The zero-order valence-electron chi connectivity index (χ0n) is 10.7. The summed E-state index contributed by atoms with van der Waals surface area (Å²) in [7, 11) is -3.54. The van der Waals surface area contributed by atoms with Crippen molar-refractivity contribution in [3.8, 4) is 0 Å². The van der Waals surface area contributed by atoms with Crippen LogP contribution in [0.3, 0.4) is 0 Å². The summed E-state index contributed by atoms with van der Waals surface area (Å²) in [6.07, 6.45) is 1.62. The van der Waals surface area contributed by atoms with Gasteiger partial charge in [0, 0.05) is 13.1 Å². The number of rotatable bonds is 2. The molecular weight excluding hydrogens is 268 g/mol. The lowest BCUT2D eigenvalue weighted by atomic mass is 10.4. The highest BCUT2D eigenvalue weighted by molar-refractivity contribution is 7.89. The van der Waals surface area contributed by atoms with Crippen molar-refractivity contribution >= 4 is 10.0 Å². The van der Waals surface area contributed by atoms with Crippen LogP contribution in [0.2, 0.25) is 0 Å². The molecule has 0 unspecified atom stereocenters. The van der Waals surface area contributed by atoms with Gasteiger partial charge in [0.05, 0.1) is 17.9 Å². The van der Waals surface area contributed by atoms with Crippen LogP contribution < -0.4 is 0 Å². The summed E-state index contributed by atoms with van der Waals surface area (Å²) in [4.78, 5) is 0.264. The maximum Gasteiger partial charge on any atom is 0.247 e. The Bertz CT molecular complexity index is 697. The van der Waals surface area contributed by atoms with E-state index in [1.807, 2.05) is 4.57 Å². The summed E-state index contributed by atoms with van der Waals surface area (Å²) in [6.45, 7) is 4.61. The van der Waals surface area contributed by atoms with Crippen molar-refractivity contribution in [2.75, 3.05) is 6.54 Å². The fourth-order valence-electron chi connectivity index (χ4n) is 2.30. The van der Waals surface area contributed by atoms with E-state index in [0.717, 1.165) is 0 Å². The lowest BCUT2D eigenvalue weighted by Gasteiger charge is -2.26. The number of nitrogens with zero attached hydrogens (tertiary/aromatic N) is 5. The number of aromatic amines is 1. The summed E-state index contributed by atoms with van der Waals surface area (Å²) >= 11 is 0. The fraction of sp³-hybridized carbons (Fsp3) is 0.500. The van der Waals surface area contributed by atoms with E-state index in [2.05, 4.69) is 20.4 Å². The number of fused-ring (bicyclic) bond motifs is 1. The summed E-state index contributed by atoms with van der Waals surface area (Å²) < 4.78 is 28.5. The molecule has 0 fully saturated rings. The number of H-pyrrole nitrogens is 1. The Morgan fingerprint density at radius 2 is 2.11 bits per heavy atom. The Morgan fingerprint density at radius 3 is 2.79 bits per heavy atom. The number of aryl methyl sites for hydroxylation is 2. The van der Waals surface area contributed by atoms with Crippen LogP contribution >= 0.6 is 0 Å². The molecule has 1 aliphatic heterocycles. The number of hydrogen-bond acceptors (Lipinski definition) is 5. The van der Waals surface area contributed by atoms with E-state index in [9.17, 15) is 8.42 Å². The zero-order valence-corrected chi connectivity index (χ0v) is 11.5. The van der Waals surface area contributed by atoms with Crippen LogP contribution in [0, 0.1) is 13.8 Å². The van der Waals surface area contributed by atoms with Crippen LogP contribution in [-0.4, -0.2) is 44.2 Å². The monoisotopic (exact) mass is 282 g/mol. The molecule has 0 aliphatic carbocycles. The molecule has 1 N–H and O–H groups in total. The lowest BCUT2D eigenvalue weighted by Crippen LogP contribution is -2.38. The molecule has 0 atom stereocenters. The van der Waals surface area contributed by atoms with Gasteiger partial charge in [-0.3, -0.25) is 5.10 Å². The van der Waals surface area contributed by atoms with Crippen LogP contribution in [0.15, 0.2) is 11.2 Å². The predicted molar refractivity (Wildman–Crippen MR) is 65.7 cm³/mol. The number of nitrogens with one attached hydrogen (secondary N) is 1. The highest BCUT2D eigenvalue weighted by atomic mass is 32.2. The molecule has 19 heavy (non-hydrogen) atoms. The molecule has 0 aromatic carbocycles. The second-order valence-corrected chi connectivity index (χ2v) is 6.42. The number of aromatic nitrogens is 5. The van der Waals surface area contributed by atoms with E-state index in [0.29, 0.717) is 30.3 Å². The predicted octanol–water partition coefficient (Wildman–Crippen LogP) is -0.177. The molecule has 2 aromatic rings. The van der Waals surface area contributed by atoms with Gasteiger partial charge in [-0.15, -0.1) is 10.2 Å². The summed E-state index contributed by atoms with van der Waals surface area (Å²) in [6, 6.07) is 0. The standard InChI is InChI=1S/C10H14N6O2S/c1-7-10(8(2)13-12-7)19(17,18)16-4-3-15-6-11-14-9(15)5-16/h6H,3-5H2,1-2H3,(H,12,13). The molecular formula is C10H14N6O2S. The van der Waals surface area contributed by atoms with Crippen molar-refractivity contribution in [1.29, 1.82) is 0 Å². The topological polar surface area (TPSA) is 96.8 Å². The average molecular weight is 282 g/mol. The lowest BCUT2D eigenvalue weighted by molar-refractivity contribution is 0.335. The fourth-order valence-corrected chi connectivity index (χ4v) is 4.02. The molecule has 0 radical (unpaired) electrons. The number of sulfonamides is 1. The maximum atomic E-state index is 12.6. The first-order valence-electron chi connectivity index (χ1n) is 5.88. The molecule has 102 valence electrons. The van der Waals surface area contributed by atoms with E-state index >= 15 is 0 Å². The second kappa shape index (κ2) is 4.14. The van der Waals surface area contributed by atoms with E-state index in [1.54, 1.807) is 20.2 Å². The molecule has 8 nitrogen and oxygen atoms in total. The van der Waals surface area contributed by atoms with Gasteiger partial charge in [-0.1, -0.05) is 0 Å². The van der Waals surface area contributed by atoms with Crippen molar-refractivity contribution in [2.45, 2.75) is 31.8 Å². The van der Waals surface area contributed by atoms with Gasteiger partial charge in [-0.25, -0.2) is 8.42 Å². The Hall–Kier alpha value is -1.74. The summed E-state index contributed by atoms with van der Waals surface area (Å²) in [5, 5.41) is 14.4. The molecule has 2 aromatic heterocycles. The largest absolute Gasteiger partial charge is 0.315 e. The molecule has 0 amide bonds. The van der Waals surface area contributed by atoms with Crippen LogP contribution in [-0.2, 0) is 23.1 Å². The van der Waals surface area contributed by atoms with E-state index in [1.165, 1.54) is 4.31 Å². The molecule has 0 bridgehead atoms. The van der Waals surface area contributed by atoms with Crippen molar-refractivity contribution in [3.05, 3.63) is 23.5 Å². The van der Waals surface area contributed by atoms with Gasteiger partial charge < -0.3 is 4.57 Å². The first-order valence-corrected chi connectivity index (χ1v) is 7.32. The van der Waals surface area contributed by atoms with Gasteiger partial charge in [0.2, 0.25) is 10.0 Å². The van der Waals surface area contributed by atoms with Gasteiger partial charge in [0.25, 0.3) is 0 Å². The average Bonchev–Trinajstić information content (AvgIpc) is 2.95. The van der Waals surface area contributed by atoms with Gasteiger partial charge in [0.1, 0.15) is 17.0 Å². The highest BCUT2D eigenvalue weighted by Gasteiger charge is 2.32. The SMILES string of the molecule is Cc1n[nH]c(C)c1S(=O)(=O)N1CCn2cnnc2C1. The third kappa shape index (κ3) is 1.85. The van der Waals surface area contributed by atoms with Crippen LogP contribution in [0.1, 0.15) is 17.2 Å². The van der Waals surface area contributed by atoms with Gasteiger partial charge in [0.15, 0.2) is 0 Å². The summed E-state index contributed by atoms with van der Waals surface area (Å²) in [5.41, 5.74) is 1.05. The van der Waals surface area contributed by atoms with Crippen LogP contribution in [0.25, 0.3) is 0 Å². The second-order valence-electron chi connectivity index (χ2n) is 4.54. The van der Waals surface area contributed by atoms with E-state index in [4.69, 9.17) is 0 Å². The van der Waals surface area contributed by atoms with Crippen molar-refractivity contribution in [2.24, 2.45) is 0 Å². The van der Waals surface area contributed by atoms with Crippen LogP contribution in [0.5, 0.6) is 0 Å². The first-order chi connectivity index (χ1) is 9.00. The number of hydrogen-bond donors (Lipinski definition) is 1. The van der Waals surface area contributed by atoms with Crippen molar-refractivity contribution < 1.29 is 8.42 Å². The molecule has 3 heterocycles. The maximum absolute atomic E-state index is 12.6. The van der Waals surface area contributed by atoms with Gasteiger partial charge in [-0.05, 0) is 13.8 Å². The highest BCUT2D eigenvalue weighted by Crippen LogP contribution is 2.24. The Balaban J connectivity index is 1.99. The Morgan fingerprint density at radius 1 is 1.32 bits per heavy atom. The third-order valence-corrected chi connectivity index (χ3v) is 5.37. The minimum Gasteiger partial charge on any atom is -0.315 e. The van der Waals surface area contributed by atoms with E-state index < -0.39 is 10.0 Å². The molecule has 1 aliphatic rings. The Kier molecular flexibility index (Phi) is 2.68. The van der Waals surface area contributed by atoms with Crippen molar-refractivity contribution in [3.63, 3.8) is 0 Å². The third-order valence-electron chi connectivity index (χ3n) is 3.26. The molecule has 3 rings (SSSR count). The van der Waals surface area contributed by atoms with Gasteiger partial charge in [-0.2, -0.15) is 9.40 Å². The zero-order chi connectivity index (χ0) is 13.6.